The Balaban J connectivity index is 2.07. The molecule has 2 rings (SSSR count). The highest BCUT2D eigenvalue weighted by Gasteiger charge is 2.33. The standard InChI is InChI=1S/C18H26N2O2S/c1-5-19(17(22)13(2)3)9-10-20-16(21)12-23-18(20)15-8-6-7-14(4)11-15/h6-8,11,13,18H,5,9-10,12H2,1-4H3/t18-/m0/s1. The Morgan fingerprint density at radius 2 is 2.17 bits per heavy atom. The number of carbonyl (C=O) groups excluding carboxylic acids is 2. The first-order valence-corrected chi connectivity index (χ1v) is 9.25. The van der Waals surface area contributed by atoms with Gasteiger partial charge in [-0.3, -0.25) is 9.59 Å². The van der Waals surface area contributed by atoms with Gasteiger partial charge in [0.25, 0.3) is 0 Å². The van der Waals surface area contributed by atoms with Gasteiger partial charge in [-0.1, -0.05) is 43.7 Å². The summed E-state index contributed by atoms with van der Waals surface area (Å²) in [4.78, 5) is 28.2. The second kappa shape index (κ2) is 7.86. The van der Waals surface area contributed by atoms with Gasteiger partial charge in [-0.15, -0.1) is 11.8 Å². The van der Waals surface area contributed by atoms with E-state index in [2.05, 4.69) is 25.1 Å². The maximum atomic E-state index is 12.2. The van der Waals surface area contributed by atoms with Crippen LogP contribution in [0.25, 0.3) is 0 Å². The van der Waals surface area contributed by atoms with Gasteiger partial charge < -0.3 is 9.80 Å². The highest BCUT2D eigenvalue weighted by atomic mass is 32.2. The SMILES string of the molecule is CCN(CCN1C(=O)CS[C@H]1c1cccc(C)c1)C(=O)C(C)C. The average molecular weight is 334 g/mol. The Morgan fingerprint density at radius 3 is 2.78 bits per heavy atom. The number of hydrogen-bond donors (Lipinski definition) is 0. The fourth-order valence-electron chi connectivity index (χ4n) is 2.81. The lowest BCUT2D eigenvalue weighted by atomic mass is 10.1. The van der Waals surface area contributed by atoms with E-state index in [-0.39, 0.29) is 23.1 Å². The molecule has 0 unspecified atom stereocenters. The van der Waals surface area contributed by atoms with Gasteiger partial charge in [-0.05, 0) is 19.4 Å². The number of aryl methyl sites for hydroxylation is 1. The van der Waals surface area contributed by atoms with Crippen LogP contribution < -0.4 is 0 Å². The van der Waals surface area contributed by atoms with Crippen molar-refractivity contribution in [3.05, 3.63) is 35.4 Å². The maximum Gasteiger partial charge on any atom is 0.233 e. The first kappa shape index (κ1) is 17.9. The second-order valence-corrected chi connectivity index (χ2v) is 7.31. The number of benzene rings is 1. The minimum Gasteiger partial charge on any atom is -0.341 e. The molecule has 0 bridgehead atoms. The van der Waals surface area contributed by atoms with Gasteiger partial charge in [-0.25, -0.2) is 0 Å². The van der Waals surface area contributed by atoms with Crippen molar-refractivity contribution in [3.63, 3.8) is 0 Å². The highest BCUT2D eigenvalue weighted by Crippen LogP contribution is 2.38. The van der Waals surface area contributed by atoms with Crippen molar-refractivity contribution in [2.24, 2.45) is 5.92 Å². The lowest BCUT2D eigenvalue weighted by Crippen LogP contribution is -2.41. The summed E-state index contributed by atoms with van der Waals surface area (Å²) in [6.07, 6.45) is 0. The normalized spacial score (nSPS) is 17.9. The summed E-state index contributed by atoms with van der Waals surface area (Å²) in [7, 11) is 0. The third kappa shape index (κ3) is 4.28. The van der Waals surface area contributed by atoms with Crippen LogP contribution in [0.4, 0.5) is 0 Å². The molecule has 4 nitrogen and oxygen atoms in total. The molecule has 0 N–H and O–H groups in total. The summed E-state index contributed by atoms with van der Waals surface area (Å²) >= 11 is 1.67. The zero-order valence-electron chi connectivity index (χ0n) is 14.4. The lowest BCUT2D eigenvalue weighted by Gasteiger charge is -2.29. The van der Waals surface area contributed by atoms with Gasteiger partial charge in [0, 0.05) is 25.6 Å². The zero-order chi connectivity index (χ0) is 17.0. The molecule has 23 heavy (non-hydrogen) atoms. The predicted molar refractivity (Wildman–Crippen MR) is 95.2 cm³/mol. The Morgan fingerprint density at radius 1 is 1.43 bits per heavy atom. The van der Waals surface area contributed by atoms with Gasteiger partial charge in [0.1, 0.15) is 5.37 Å². The first-order valence-electron chi connectivity index (χ1n) is 8.20. The van der Waals surface area contributed by atoms with Crippen LogP contribution in [0.15, 0.2) is 24.3 Å². The Bertz CT molecular complexity index is 574. The van der Waals surface area contributed by atoms with Crippen LogP contribution in [-0.4, -0.2) is 47.0 Å². The first-order chi connectivity index (χ1) is 10.9. The molecule has 0 aliphatic carbocycles. The molecule has 1 atom stereocenters. The molecule has 2 amide bonds. The van der Waals surface area contributed by atoms with Crippen LogP contribution in [0, 0.1) is 12.8 Å². The van der Waals surface area contributed by atoms with Crippen LogP contribution >= 0.6 is 11.8 Å². The van der Waals surface area contributed by atoms with E-state index in [4.69, 9.17) is 0 Å². The third-order valence-electron chi connectivity index (χ3n) is 4.09. The second-order valence-electron chi connectivity index (χ2n) is 6.24. The molecule has 5 heteroatoms. The molecule has 0 aromatic heterocycles. The molecule has 1 saturated heterocycles. The molecule has 1 aromatic rings. The summed E-state index contributed by atoms with van der Waals surface area (Å²) in [5, 5.41) is 0.0651. The van der Waals surface area contributed by atoms with Crippen LogP contribution in [0.1, 0.15) is 37.3 Å². The van der Waals surface area contributed by atoms with E-state index in [1.807, 2.05) is 36.6 Å². The van der Waals surface area contributed by atoms with Crippen molar-refractivity contribution in [3.8, 4) is 0 Å². The molecule has 1 aromatic carbocycles. The molecule has 1 aliphatic rings. The molecular formula is C18H26N2O2S. The van der Waals surface area contributed by atoms with E-state index in [0.29, 0.717) is 25.4 Å². The third-order valence-corrected chi connectivity index (χ3v) is 5.35. The molecule has 0 spiro atoms. The summed E-state index contributed by atoms with van der Waals surface area (Å²) in [5.41, 5.74) is 2.37. The number of rotatable bonds is 6. The summed E-state index contributed by atoms with van der Waals surface area (Å²) in [5.74, 6) is 0.822. The Kier molecular flexibility index (Phi) is 6.10. The van der Waals surface area contributed by atoms with Crippen molar-refractivity contribution in [2.75, 3.05) is 25.4 Å². The Labute approximate surface area is 143 Å². The fraction of sp³-hybridized carbons (Fsp3) is 0.556. The fourth-order valence-corrected chi connectivity index (χ4v) is 4.02. The number of thioether (sulfide) groups is 1. The van der Waals surface area contributed by atoms with Crippen molar-refractivity contribution < 1.29 is 9.59 Å². The smallest absolute Gasteiger partial charge is 0.233 e. The highest BCUT2D eigenvalue weighted by molar-refractivity contribution is 8.00. The maximum absolute atomic E-state index is 12.2. The van der Waals surface area contributed by atoms with Crippen LogP contribution in [0.2, 0.25) is 0 Å². The van der Waals surface area contributed by atoms with Crippen molar-refractivity contribution >= 4 is 23.6 Å². The van der Waals surface area contributed by atoms with Gasteiger partial charge in [-0.2, -0.15) is 0 Å². The molecule has 0 saturated carbocycles. The monoisotopic (exact) mass is 334 g/mol. The minimum absolute atomic E-state index is 0.00817. The van der Waals surface area contributed by atoms with Crippen molar-refractivity contribution in [2.45, 2.75) is 33.1 Å². The molecule has 126 valence electrons. The van der Waals surface area contributed by atoms with Crippen molar-refractivity contribution in [1.82, 2.24) is 9.80 Å². The largest absolute Gasteiger partial charge is 0.341 e. The van der Waals surface area contributed by atoms with Crippen LogP contribution in [0.5, 0.6) is 0 Å². The zero-order valence-corrected chi connectivity index (χ0v) is 15.2. The average Bonchev–Trinajstić information content (AvgIpc) is 2.88. The van der Waals surface area contributed by atoms with Gasteiger partial charge in [0.2, 0.25) is 11.8 Å². The van der Waals surface area contributed by atoms with E-state index in [9.17, 15) is 9.59 Å². The number of hydrogen-bond acceptors (Lipinski definition) is 3. The van der Waals surface area contributed by atoms with Crippen molar-refractivity contribution in [1.29, 1.82) is 0 Å². The van der Waals surface area contributed by atoms with E-state index in [0.717, 1.165) is 0 Å². The molecule has 1 aliphatic heterocycles. The summed E-state index contributed by atoms with van der Waals surface area (Å²) in [6.45, 7) is 9.75. The number of amides is 2. The van der Waals surface area contributed by atoms with E-state index in [1.165, 1.54) is 11.1 Å². The predicted octanol–water partition coefficient (Wildman–Crippen LogP) is 3.07. The van der Waals surface area contributed by atoms with Crippen LogP contribution in [0.3, 0.4) is 0 Å². The number of nitrogens with zero attached hydrogens (tertiary/aromatic N) is 2. The minimum atomic E-state index is -0.00817. The summed E-state index contributed by atoms with van der Waals surface area (Å²) in [6, 6.07) is 8.31. The number of likely N-dealkylation sites (N-methyl/N-ethyl adjacent to an activating group) is 1. The molecule has 0 radical (unpaired) electrons. The van der Waals surface area contributed by atoms with Gasteiger partial charge in [0.05, 0.1) is 5.75 Å². The van der Waals surface area contributed by atoms with Crippen LogP contribution in [-0.2, 0) is 9.59 Å². The summed E-state index contributed by atoms with van der Waals surface area (Å²) < 4.78 is 0. The quantitative estimate of drug-likeness (QED) is 0.803. The molecular weight excluding hydrogens is 308 g/mol. The van der Waals surface area contributed by atoms with Gasteiger partial charge >= 0.3 is 0 Å². The lowest BCUT2D eigenvalue weighted by molar-refractivity contribution is -0.136. The van der Waals surface area contributed by atoms with E-state index in [1.54, 1.807) is 11.8 Å². The topological polar surface area (TPSA) is 40.6 Å². The van der Waals surface area contributed by atoms with E-state index < -0.39 is 0 Å². The molecule has 1 heterocycles. The molecule has 1 fully saturated rings. The number of carbonyl (C=O) groups is 2. The van der Waals surface area contributed by atoms with E-state index >= 15 is 0 Å². The van der Waals surface area contributed by atoms with Gasteiger partial charge in [0.15, 0.2) is 0 Å². The Hall–Kier alpha value is -1.49.